The molecule has 2 aromatic rings. The second-order valence-electron chi connectivity index (χ2n) is 8.85. The number of rotatable bonds is 8. The Labute approximate surface area is 202 Å². The van der Waals surface area contributed by atoms with Crippen molar-refractivity contribution in [2.45, 2.75) is 39.2 Å². The third-order valence-electron chi connectivity index (χ3n) is 6.35. The summed E-state index contributed by atoms with van der Waals surface area (Å²) in [5.41, 5.74) is 0.585. The Balaban J connectivity index is 1.66. The van der Waals surface area contributed by atoms with Gasteiger partial charge in [0.1, 0.15) is 11.4 Å². The lowest BCUT2D eigenvalue weighted by atomic mass is 9.92. The second kappa shape index (κ2) is 11.6. The lowest BCUT2D eigenvalue weighted by Gasteiger charge is -2.29. The highest BCUT2D eigenvalue weighted by Gasteiger charge is 2.22. The molecule has 3 N–H and O–H groups in total. The predicted octanol–water partition coefficient (Wildman–Crippen LogP) is 2.60. The van der Waals surface area contributed by atoms with E-state index in [1.54, 1.807) is 19.1 Å². The highest BCUT2D eigenvalue weighted by molar-refractivity contribution is 5.99. The molecule has 2 heterocycles. The minimum absolute atomic E-state index is 0.0834. The number of hydrogen-bond acceptors (Lipinski definition) is 4. The molecule has 1 saturated heterocycles. The second-order valence-corrected chi connectivity index (χ2v) is 8.85. The van der Waals surface area contributed by atoms with Crippen LogP contribution in [0, 0.1) is 18.7 Å². The first-order valence-corrected chi connectivity index (χ1v) is 11.7. The largest absolute Gasteiger partial charge is 0.465 e. The Kier molecular flexibility index (Phi) is 8.62. The molecule has 0 bridgehead atoms. The normalized spacial score (nSPS) is 14.0. The van der Waals surface area contributed by atoms with Crippen molar-refractivity contribution in [3.63, 3.8) is 0 Å². The molecule has 188 valence electrons. The Morgan fingerprint density at radius 2 is 1.86 bits per heavy atom. The molecule has 35 heavy (non-hydrogen) atoms. The maximum atomic E-state index is 13.6. The number of pyridine rings is 1. The van der Waals surface area contributed by atoms with E-state index in [9.17, 15) is 23.6 Å². The van der Waals surface area contributed by atoms with E-state index in [-0.39, 0.29) is 23.5 Å². The fourth-order valence-electron chi connectivity index (χ4n) is 4.28. The van der Waals surface area contributed by atoms with Crippen LogP contribution in [0.15, 0.2) is 35.3 Å². The van der Waals surface area contributed by atoms with Gasteiger partial charge in [0.2, 0.25) is 0 Å². The maximum absolute atomic E-state index is 13.6. The van der Waals surface area contributed by atoms with Crippen LogP contribution in [0.5, 0.6) is 0 Å². The van der Waals surface area contributed by atoms with E-state index in [1.165, 1.54) is 34.8 Å². The summed E-state index contributed by atoms with van der Waals surface area (Å²) in [5, 5.41) is 14.3. The van der Waals surface area contributed by atoms with Crippen molar-refractivity contribution in [3.8, 4) is 0 Å². The Hall–Kier alpha value is -3.69. The lowest BCUT2D eigenvalue weighted by Crippen LogP contribution is -2.37. The standard InChI is InChI=1S/C25H31FN4O5/c1-16-12-18(5-6-21(16)26)14-30-15-19(13-20(24(30)33)23(32)27-2)22(31)28-9-3-4-17-7-10-29(11-8-17)25(34)35/h5-6,12-13,15,17H,3-4,7-11,14H2,1-2H3,(H,27,32)(H,28,31)(H,34,35). The molecule has 1 aliphatic heterocycles. The molecular formula is C25H31FN4O5. The summed E-state index contributed by atoms with van der Waals surface area (Å²) in [7, 11) is 1.41. The molecule has 0 spiro atoms. The van der Waals surface area contributed by atoms with E-state index in [4.69, 9.17) is 5.11 Å². The number of hydrogen-bond donors (Lipinski definition) is 3. The molecule has 1 fully saturated rings. The van der Waals surface area contributed by atoms with Gasteiger partial charge in [0.15, 0.2) is 0 Å². The average Bonchev–Trinajstić information content (AvgIpc) is 2.85. The molecule has 0 aliphatic carbocycles. The monoisotopic (exact) mass is 486 g/mol. The van der Waals surface area contributed by atoms with Crippen LogP contribution >= 0.6 is 0 Å². The molecule has 0 radical (unpaired) electrons. The first-order chi connectivity index (χ1) is 16.7. The maximum Gasteiger partial charge on any atom is 0.407 e. The van der Waals surface area contributed by atoms with Crippen molar-refractivity contribution in [2.24, 2.45) is 5.92 Å². The number of amides is 3. The minimum Gasteiger partial charge on any atom is -0.465 e. The van der Waals surface area contributed by atoms with E-state index < -0.39 is 23.5 Å². The summed E-state index contributed by atoms with van der Waals surface area (Å²) in [5.74, 6) is -0.933. The third-order valence-corrected chi connectivity index (χ3v) is 6.35. The fraction of sp³-hybridized carbons (Fsp3) is 0.440. The van der Waals surface area contributed by atoms with Crippen LogP contribution in [0.1, 0.15) is 57.5 Å². The Bertz CT molecular complexity index is 1160. The first-order valence-electron chi connectivity index (χ1n) is 11.7. The SMILES string of the molecule is CNC(=O)c1cc(C(=O)NCCCC2CCN(C(=O)O)CC2)cn(Cc2ccc(F)c(C)c2)c1=O. The number of aromatic nitrogens is 1. The molecule has 0 atom stereocenters. The number of benzene rings is 1. The molecule has 1 aliphatic rings. The van der Waals surface area contributed by atoms with Gasteiger partial charge in [0.05, 0.1) is 12.1 Å². The van der Waals surface area contributed by atoms with Gasteiger partial charge >= 0.3 is 6.09 Å². The van der Waals surface area contributed by atoms with Crippen molar-refractivity contribution >= 4 is 17.9 Å². The van der Waals surface area contributed by atoms with Gasteiger partial charge in [-0.25, -0.2) is 9.18 Å². The zero-order valence-electron chi connectivity index (χ0n) is 20.0. The zero-order chi connectivity index (χ0) is 25.5. The summed E-state index contributed by atoms with van der Waals surface area (Å²) < 4.78 is 14.9. The van der Waals surface area contributed by atoms with Crippen LogP contribution in [-0.2, 0) is 6.54 Å². The van der Waals surface area contributed by atoms with Gasteiger partial charge in [0, 0.05) is 32.9 Å². The topological polar surface area (TPSA) is 121 Å². The molecule has 10 heteroatoms. The zero-order valence-corrected chi connectivity index (χ0v) is 20.0. The number of likely N-dealkylation sites (tertiary alicyclic amines) is 1. The van der Waals surface area contributed by atoms with Crippen molar-refractivity contribution < 1.29 is 23.9 Å². The molecule has 1 aromatic heterocycles. The molecule has 1 aromatic carbocycles. The smallest absolute Gasteiger partial charge is 0.407 e. The Morgan fingerprint density at radius 3 is 2.49 bits per heavy atom. The number of halogens is 1. The number of carboxylic acid groups (broad SMARTS) is 1. The van der Waals surface area contributed by atoms with Crippen molar-refractivity contribution in [1.29, 1.82) is 0 Å². The van der Waals surface area contributed by atoms with Crippen LogP contribution in [0.2, 0.25) is 0 Å². The van der Waals surface area contributed by atoms with E-state index in [1.807, 2.05) is 0 Å². The van der Waals surface area contributed by atoms with Crippen LogP contribution < -0.4 is 16.2 Å². The van der Waals surface area contributed by atoms with Crippen LogP contribution in [-0.4, -0.2) is 59.2 Å². The van der Waals surface area contributed by atoms with Gasteiger partial charge in [-0.05, 0) is 61.8 Å². The van der Waals surface area contributed by atoms with Gasteiger partial charge in [-0.1, -0.05) is 12.1 Å². The number of nitrogens with one attached hydrogen (secondary N) is 2. The molecular weight excluding hydrogens is 455 g/mol. The molecule has 9 nitrogen and oxygen atoms in total. The highest BCUT2D eigenvalue weighted by atomic mass is 19.1. The van der Waals surface area contributed by atoms with Crippen LogP contribution in [0.3, 0.4) is 0 Å². The van der Waals surface area contributed by atoms with Crippen LogP contribution in [0.25, 0.3) is 0 Å². The summed E-state index contributed by atoms with van der Waals surface area (Å²) in [6.07, 6.45) is 3.75. The van der Waals surface area contributed by atoms with E-state index in [0.717, 1.165) is 25.7 Å². The number of carbonyl (C=O) groups excluding carboxylic acids is 2. The molecule has 3 rings (SSSR count). The average molecular weight is 487 g/mol. The first kappa shape index (κ1) is 25.9. The van der Waals surface area contributed by atoms with Gasteiger partial charge in [0.25, 0.3) is 17.4 Å². The van der Waals surface area contributed by atoms with E-state index >= 15 is 0 Å². The summed E-state index contributed by atoms with van der Waals surface area (Å²) in [4.78, 5) is 50.4. The van der Waals surface area contributed by atoms with Gasteiger partial charge in [-0.3, -0.25) is 14.4 Å². The van der Waals surface area contributed by atoms with Gasteiger partial charge in [-0.2, -0.15) is 0 Å². The lowest BCUT2D eigenvalue weighted by molar-refractivity contribution is 0.0948. The summed E-state index contributed by atoms with van der Waals surface area (Å²) in [6.45, 7) is 3.19. The van der Waals surface area contributed by atoms with Gasteiger partial charge in [-0.15, -0.1) is 0 Å². The summed E-state index contributed by atoms with van der Waals surface area (Å²) in [6, 6.07) is 5.78. The van der Waals surface area contributed by atoms with E-state index in [0.29, 0.717) is 36.7 Å². The molecule has 3 amide bonds. The minimum atomic E-state index is -0.886. The van der Waals surface area contributed by atoms with E-state index in [2.05, 4.69) is 10.6 Å². The van der Waals surface area contributed by atoms with Gasteiger partial charge < -0.3 is 25.2 Å². The summed E-state index contributed by atoms with van der Waals surface area (Å²) >= 11 is 0. The third kappa shape index (κ3) is 6.68. The highest BCUT2D eigenvalue weighted by Crippen LogP contribution is 2.21. The van der Waals surface area contributed by atoms with Crippen molar-refractivity contribution in [3.05, 3.63) is 68.9 Å². The predicted molar refractivity (Wildman–Crippen MR) is 128 cm³/mol. The number of aryl methyl sites for hydroxylation is 1. The number of piperidine rings is 1. The fourth-order valence-corrected chi connectivity index (χ4v) is 4.28. The molecule has 0 unspecified atom stereocenters. The quantitative estimate of drug-likeness (QED) is 0.496. The van der Waals surface area contributed by atoms with Crippen molar-refractivity contribution in [1.82, 2.24) is 20.1 Å². The van der Waals surface area contributed by atoms with Crippen molar-refractivity contribution in [2.75, 3.05) is 26.7 Å². The number of nitrogens with zero attached hydrogens (tertiary/aromatic N) is 2. The Morgan fingerprint density at radius 1 is 1.14 bits per heavy atom. The molecule has 0 saturated carbocycles. The number of carbonyl (C=O) groups is 3. The van der Waals surface area contributed by atoms with Crippen LogP contribution in [0.4, 0.5) is 9.18 Å².